The highest BCUT2D eigenvalue weighted by molar-refractivity contribution is 7.19. The highest BCUT2D eigenvalue weighted by Gasteiger charge is 2.10. The van der Waals surface area contributed by atoms with Gasteiger partial charge in [0.1, 0.15) is 12.7 Å². The number of aryl methyl sites for hydroxylation is 1. The molecule has 5 heteroatoms. The molecule has 0 aliphatic heterocycles. The Bertz CT molecular complexity index is 539. The summed E-state index contributed by atoms with van der Waals surface area (Å²) < 4.78 is 6.80. The maximum absolute atomic E-state index is 9.82. The van der Waals surface area contributed by atoms with Gasteiger partial charge in [0.05, 0.1) is 5.39 Å². The highest BCUT2D eigenvalue weighted by Crippen LogP contribution is 2.30. The predicted octanol–water partition coefficient (Wildman–Crippen LogP) is 2.34. The molecule has 0 aliphatic carbocycles. The van der Waals surface area contributed by atoms with Gasteiger partial charge < -0.3 is 15.2 Å². The van der Waals surface area contributed by atoms with Crippen LogP contribution in [0.4, 0.5) is 0 Å². The molecule has 4 nitrogen and oxygen atoms in total. The lowest BCUT2D eigenvalue weighted by Crippen LogP contribution is -2.35. The molecule has 104 valence electrons. The van der Waals surface area contributed by atoms with E-state index < -0.39 is 6.10 Å². The first-order valence-corrected chi connectivity index (χ1v) is 7.27. The van der Waals surface area contributed by atoms with Crippen molar-refractivity contribution in [2.75, 3.05) is 13.2 Å². The lowest BCUT2D eigenvalue weighted by Gasteiger charge is -2.14. The number of nitrogens with one attached hydrogen (secondary N) is 1. The van der Waals surface area contributed by atoms with E-state index in [1.165, 1.54) is 4.88 Å². The van der Waals surface area contributed by atoms with Gasteiger partial charge in [-0.05, 0) is 19.1 Å². The summed E-state index contributed by atoms with van der Waals surface area (Å²) in [4.78, 5) is 5.47. The maximum atomic E-state index is 9.82. The Morgan fingerprint density at radius 2 is 2.26 bits per heavy atom. The van der Waals surface area contributed by atoms with Gasteiger partial charge in [0, 0.05) is 28.4 Å². The van der Waals surface area contributed by atoms with Crippen molar-refractivity contribution in [1.29, 1.82) is 0 Å². The number of thiophene rings is 1. The summed E-state index contributed by atoms with van der Waals surface area (Å²) in [6.07, 6.45) is 1.21. The Hall–Kier alpha value is -1.17. The molecule has 2 aromatic rings. The van der Waals surface area contributed by atoms with E-state index in [4.69, 9.17) is 4.74 Å². The minimum atomic E-state index is -0.529. The SMILES string of the molecule is Cc1cc2c(OC[C@H](O)CNC(C)C)nccc2s1. The van der Waals surface area contributed by atoms with E-state index >= 15 is 0 Å². The molecule has 0 saturated carbocycles. The van der Waals surface area contributed by atoms with Gasteiger partial charge in [0.25, 0.3) is 0 Å². The van der Waals surface area contributed by atoms with Crippen LogP contribution < -0.4 is 10.1 Å². The summed E-state index contributed by atoms with van der Waals surface area (Å²) in [5, 5.41) is 14.0. The van der Waals surface area contributed by atoms with Crippen LogP contribution in [-0.4, -0.2) is 35.4 Å². The summed E-state index contributed by atoms with van der Waals surface area (Å²) in [7, 11) is 0. The predicted molar refractivity (Wildman–Crippen MR) is 79.0 cm³/mol. The van der Waals surface area contributed by atoms with Gasteiger partial charge in [-0.15, -0.1) is 11.3 Å². The molecule has 2 N–H and O–H groups in total. The average molecular weight is 280 g/mol. The van der Waals surface area contributed by atoms with Crippen molar-refractivity contribution in [3.8, 4) is 5.88 Å². The third-order valence-corrected chi connectivity index (χ3v) is 3.72. The van der Waals surface area contributed by atoms with Crippen LogP contribution in [0.2, 0.25) is 0 Å². The summed E-state index contributed by atoms with van der Waals surface area (Å²) in [6, 6.07) is 4.41. The Labute approximate surface area is 117 Å². The van der Waals surface area contributed by atoms with Crippen LogP contribution in [0.25, 0.3) is 10.1 Å². The Morgan fingerprint density at radius 1 is 1.47 bits per heavy atom. The average Bonchev–Trinajstić information content (AvgIpc) is 2.74. The van der Waals surface area contributed by atoms with Crippen molar-refractivity contribution in [2.24, 2.45) is 0 Å². The molecule has 0 saturated heterocycles. The molecule has 0 unspecified atom stereocenters. The second-order valence-corrected chi connectivity index (χ2v) is 6.20. The summed E-state index contributed by atoms with van der Waals surface area (Å²) in [6.45, 7) is 6.93. The number of hydrogen-bond acceptors (Lipinski definition) is 5. The fourth-order valence-corrected chi connectivity index (χ4v) is 2.69. The highest BCUT2D eigenvalue weighted by atomic mass is 32.1. The fraction of sp³-hybridized carbons (Fsp3) is 0.500. The molecule has 0 bridgehead atoms. The van der Waals surface area contributed by atoms with Gasteiger partial charge >= 0.3 is 0 Å². The van der Waals surface area contributed by atoms with Gasteiger partial charge in [-0.3, -0.25) is 0 Å². The van der Waals surface area contributed by atoms with E-state index in [9.17, 15) is 5.11 Å². The van der Waals surface area contributed by atoms with Crippen molar-refractivity contribution in [3.63, 3.8) is 0 Å². The van der Waals surface area contributed by atoms with E-state index in [1.807, 2.05) is 19.9 Å². The third-order valence-electron chi connectivity index (χ3n) is 2.71. The summed E-state index contributed by atoms with van der Waals surface area (Å²) in [5.74, 6) is 0.602. The van der Waals surface area contributed by atoms with E-state index in [1.54, 1.807) is 17.5 Å². The molecule has 2 rings (SSSR count). The Kier molecular flexibility index (Phi) is 4.74. The van der Waals surface area contributed by atoms with Gasteiger partial charge in [-0.25, -0.2) is 4.98 Å². The number of pyridine rings is 1. The van der Waals surface area contributed by atoms with Crippen LogP contribution in [0.5, 0.6) is 5.88 Å². The largest absolute Gasteiger partial charge is 0.474 e. The maximum Gasteiger partial charge on any atom is 0.222 e. The fourth-order valence-electron chi connectivity index (χ4n) is 1.79. The number of rotatable bonds is 6. The van der Waals surface area contributed by atoms with Gasteiger partial charge in [0.2, 0.25) is 5.88 Å². The summed E-state index contributed by atoms with van der Waals surface area (Å²) in [5.41, 5.74) is 0. The van der Waals surface area contributed by atoms with E-state index in [-0.39, 0.29) is 6.61 Å². The number of aliphatic hydroxyl groups is 1. The Balaban J connectivity index is 1.97. The van der Waals surface area contributed by atoms with Crippen molar-refractivity contribution in [2.45, 2.75) is 32.9 Å². The molecule has 2 aromatic heterocycles. The minimum Gasteiger partial charge on any atom is -0.474 e. The molecule has 0 amide bonds. The Morgan fingerprint density at radius 3 is 3.00 bits per heavy atom. The zero-order chi connectivity index (χ0) is 13.8. The zero-order valence-corrected chi connectivity index (χ0v) is 12.3. The standard InChI is InChI=1S/C14H20N2O2S/c1-9(2)16-7-11(17)8-18-14-12-6-10(3)19-13(12)4-5-15-14/h4-6,9,11,16-17H,7-8H2,1-3H3/t11-/m1/s1. The van der Waals surface area contributed by atoms with E-state index in [0.29, 0.717) is 18.5 Å². The van der Waals surface area contributed by atoms with Crippen molar-refractivity contribution in [3.05, 3.63) is 23.2 Å². The van der Waals surface area contributed by atoms with Crippen LogP contribution in [0.1, 0.15) is 18.7 Å². The third kappa shape index (κ3) is 3.89. The van der Waals surface area contributed by atoms with Gasteiger partial charge in [-0.1, -0.05) is 13.8 Å². The van der Waals surface area contributed by atoms with Crippen LogP contribution in [0.15, 0.2) is 18.3 Å². The summed E-state index contributed by atoms with van der Waals surface area (Å²) >= 11 is 1.72. The zero-order valence-electron chi connectivity index (χ0n) is 11.5. The minimum absolute atomic E-state index is 0.251. The first-order chi connectivity index (χ1) is 9.06. The topological polar surface area (TPSA) is 54.4 Å². The molecule has 0 aliphatic rings. The molecular weight excluding hydrogens is 260 g/mol. The van der Waals surface area contributed by atoms with Gasteiger partial charge in [0.15, 0.2) is 0 Å². The molecule has 1 atom stereocenters. The van der Waals surface area contributed by atoms with Crippen molar-refractivity contribution in [1.82, 2.24) is 10.3 Å². The van der Waals surface area contributed by atoms with Crippen LogP contribution in [-0.2, 0) is 0 Å². The number of hydrogen-bond donors (Lipinski definition) is 2. The van der Waals surface area contributed by atoms with E-state index in [2.05, 4.69) is 23.3 Å². The monoisotopic (exact) mass is 280 g/mol. The van der Waals surface area contributed by atoms with Crippen LogP contribution >= 0.6 is 11.3 Å². The molecular formula is C14H20N2O2S. The van der Waals surface area contributed by atoms with Crippen molar-refractivity contribution < 1.29 is 9.84 Å². The molecule has 0 fully saturated rings. The second kappa shape index (κ2) is 6.32. The van der Waals surface area contributed by atoms with E-state index in [0.717, 1.165) is 10.1 Å². The molecule has 0 aromatic carbocycles. The molecule has 2 heterocycles. The molecule has 0 radical (unpaired) electrons. The number of nitrogens with zero attached hydrogens (tertiary/aromatic N) is 1. The first kappa shape index (κ1) is 14.2. The quantitative estimate of drug-likeness (QED) is 0.853. The second-order valence-electron chi connectivity index (χ2n) is 4.91. The first-order valence-electron chi connectivity index (χ1n) is 6.45. The van der Waals surface area contributed by atoms with Crippen molar-refractivity contribution >= 4 is 21.4 Å². The number of ether oxygens (including phenoxy) is 1. The number of aromatic nitrogens is 1. The lowest BCUT2D eigenvalue weighted by molar-refractivity contribution is 0.103. The number of fused-ring (bicyclic) bond motifs is 1. The normalized spacial score (nSPS) is 13.1. The van der Waals surface area contributed by atoms with Crippen LogP contribution in [0.3, 0.4) is 0 Å². The molecule has 0 spiro atoms. The smallest absolute Gasteiger partial charge is 0.222 e. The van der Waals surface area contributed by atoms with Crippen LogP contribution in [0, 0.1) is 6.92 Å². The molecule has 19 heavy (non-hydrogen) atoms. The van der Waals surface area contributed by atoms with Gasteiger partial charge in [-0.2, -0.15) is 0 Å². The number of aliphatic hydroxyl groups excluding tert-OH is 1. The lowest BCUT2D eigenvalue weighted by atomic mass is 10.3.